The number of allylic oxidation sites excluding steroid dienone is 2. The molecule has 1 amide bonds. The molecule has 0 radical (unpaired) electrons. The standard InChI is InChI=1S/C19H25F3N4O/c1-12-10-16(19(20,21)22)26-17(23-12)11-14(24-26)15-8-5-9-25(15)18(27)13-6-3-2-4-7-13/h2-3,11-13,15-16,23H,4-10H2,1H3/t12-,13-,15-,16-/m1/s1. The van der Waals surface area contributed by atoms with E-state index < -0.39 is 12.2 Å². The first kappa shape index (κ1) is 18.4. The number of hydrogen-bond acceptors (Lipinski definition) is 3. The number of nitrogens with zero attached hydrogens (tertiary/aromatic N) is 3. The van der Waals surface area contributed by atoms with Crippen molar-refractivity contribution in [1.82, 2.24) is 14.7 Å². The Morgan fingerprint density at radius 1 is 1.30 bits per heavy atom. The minimum absolute atomic E-state index is 0.0195. The largest absolute Gasteiger partial charge is 0.410 e. The van der Waals surface area contributed by atoms with Crippen LogP contribution in [0.25, 0.3) is 0 Å². The Morgan fingerprint density at radius 3 is 2.81 bits per heavy atom. The molecule has 4 rings (SSSR count). The number of alkyl halides is 3. The summed E-state index contributed by atoms with van der Waals surface area (Å²) >= 11 is 0. The number of carbonyl (C=O) groups excluding carboxylic acids is 1. The summed E-state index contributed by atoms with van der Waals surface area (Å²) in [5.74, 6) is 0.487. The molecule has 0 unspecified atom stereocenters. The van der Waals surface area contributed by atoms with Crippen LogP contribution in [0.4, 0.5) is 19.0 Å². The van der Waals surface area contributed by atoms with Crippen molar-refractivity contribution in [3.05, 3.63) is 23.9 Å². The van der Waals surface area contributed by atoms with Crippen molar-refractivity contribution in [3.63, 3.8) is 0 Å². The van der Waals surface area contributed by atoms with Crippen LogP contribution in [0, 0.1) is 5.92 Å². The Labute approximate surface area is 156 Å². The van der Waals surface area contributed by atoms with Crippen molar-refractivity contribution in [3.8, 4) is 0 Å². The molecule has 3 aliphatic rings. The van der Waals surface area contributed by atoms with Crippen molar-refractivity contribution in [1.29, 1.82) is 0 Å². The van der Waals surface area contributed by atoms with Crippen molar-refractivity contribution < 1.29 is 18.0 Å². The number of nitrogens with one attached hydrogen (secondary N) is 1. The zero-order chi connectivity index (χ0) is 19.2. The van der Waals surface area contributed by atoms with E-state index in [1.54, 1.807) is 13.0 Å². The maximum atomic E-state index is 13.5. The van der Waals surface area contributed by atoms with Crippen LogP contribution in [-0.2, 0) is 4.79 Å². The molecule has 1 N–H and O–H groups in total. The van der Waals surface area contributed by atoms with E-state index in [0.29, 0.717) is 18.1 Å². The molecule has 5 nitrogen and oxygen atoms in total. The van der Waals surface area contributed by atoms with E-state index in [1.165, 1.54) is 0 Å². The van der Waals surface area contributed by atoms with Crippen LogP contribution in [0.3, 0.4) is 0 Å². The van der Waals surface area contributed by atoms with Gasteiger partial charge in [0.2, 0.25) is 5.91 Å². The molecule has 8 heteroatoms. The molecule has 0 spiro atoms. The summed E-state index contributed by atoms with van der Waals surface area (Å²) in [5.41, 5.74) is 0.568. The number of rotatable bonds is 2. The van der Waals surface area contributed by atoms with E-state index in [-0.39, 0.29) is 30.3 Å². The molecule has 148 valence electrons. The van der Waals surface area contributed by atoms with E-state index in [9.17, 15) is 18.0 Å². The second-order valence-electron chi connectivity index (χ2n) is 7.91. The molecule has 1 saturated heterocycles. The predicted molar refractivity (Wildman–Crippen MR) is 95.2 cm³/mol. The number of halogens is 3. The maximum absolute atomic E-state index is 13.5. The van der Waals surface area contributed by atoms with Gasteiger partial charge in [-0.15, -0.1) is 0 Å². The van der Waals surface area contributed by atoms with Crippen LogP contribution >= 0.6 is 0 Å². The fourth-order valence-electron chi connectivity index (χ4n) is 4.53. The molecule has 4 atom stereocenters. The highest BCUT2D eigenvalue weighted by Crippen LogP contribution is 2.42. The van der Waals surface area contributed by atoms with Gasteiger partial charge in [-0.3, -0.25) is 4.79 Å². The number of aromatic nitrogens is 2. The lowest BCUT2D eigenvalue weighted by molar-refractivity contribution is -0.173. The number of carbonyl (C=O) groups is 1. The van der Waals surface area contributed by atoms with E-state index in [1.807, 2.05) is 11.0 Å². The minimum Gasteiger partial charge on any atom is -0.368 e. The first-order valence-corrected chi connectivity index (χ1v) is 9.72. The molecule has 0 bridgehead atoms. The zero-order valence-electron chi connectivity index (χ0n) is 15.4. The third kappa shape index (κ3) is 3.46. The monoisotopic (exact) mass is 382 g/mol. The number of fused-ring (bicyclic) bond motifs is 1. The Kier molecular flexibility index (Phi) is 4.68. The third-order valence-electron chi connectivity index (χ3n) is 5.89. The Morgan fingerprint density at radius 2 is 2.11 bits per heavy atom. The molecule has 0 aromatic carbocycles. The number of likely N-dealkylation sites (tertiary alicyclic amines) is 1. The van der Waals surface area contributed by atoms with Crippen LogP contribution in [0.5, 0.6) is 0 Å². The van der Waals surface area contributed by atoms with E-state index >= 15 is 0 Å². The summed E-state index contributed by atoms with van der Waals surface area (Å²) in [5, 5.41) is 7.42. The van der Waals surface area contributed by atoms with Crippen LogP contribution < -0.4 is 5.32 Å². The van der Waals surface area contributed by atoms with E-state index in [4.69, 9.17) is 0 Å². The lowest BCUT2D eigenvalue weighted by Crippen LogP contribution is -2.38. The first-order chi connectivity index (χ1) is 12.8. The van der Waals surface area contributed by atoms with Gasteiger partial charge in [0, 0.05) is 24.6 Å². The maximum Gasteiger partial charge on any atom is 0.410 e. The third-order valence-corrected chi connectivity index (χ3v) is 5.89. The van der Waals surface area contributed by atoms with Gasteiger partial charge in [0.25, 0.3) is 0 Å². The first-order valence-electron chi connectivity index (χ1n) is 9.72. The summed E-state index contributed by atoms with van der Waals surface area (Å²) in [6, 6.07) is -0.422. The number of amides is 1. The second-order valence-corrected chi connectivity index (χ2v) is 7.91. The van der Waals surface area contributed by atoms with Crippen LogP contribution in [0.2, 0.25) is 0 Å². The Hall–Kier alpha value is -1.99. The van der Waals surface area contributed by atoms with E-state index in [0.717, 1.165) is 36.8 Å². The highest BCUT2D eigenvalue weighted by molar-refractivity contribution is 5.80. The smallest absolute Gasteiger partial charge is 0.368 e. The normalized spacial score (nSPS) is 30.9. The van der Waals surface area contributed by atoms with Crippen LogP contribution in [0.15, 0.2) is 18.2 Å². The van der Waals surface area contributed by atoms with Gasteiger partial charge in [0.05, 0.1) is 11.7 Å². The van der Waals surface area contributed by atoms with Gasteiger partial charge >= 0.3 is 6.18 Å². The molecule has 1 aromatic heterocycles. The van der Waals surface area contributed by atoms with Crippen molar-refractivity contribution in [2.24, 2.45) is 5.92 Å². The highest BCUT2D eigenvalue weighted by atomic mass is 19.4. The van der Waals surface area contributed by atoms with E-state index in [2.05, 4.69) is 16.5 Å². The molecule has 1 aliphatic carbocycles. The Bertz CT molecular complexity index is 742. The summed E-state index contributed by atoms with van der Waals surface area (Å²) in [6.07, 6.45) is 3.86. The SMILES string of the molecule is C[C@@H]1C[C@H](C(F)(F)F)n2nc([C@H]3CCCN3C(=O)[C@@H]3CC=CCC3)cc2N1. The van der Waals surface area contributed by atoms with Gasteiger partial charge in [-0.1, -0.05) is 12.2 Å². The average Bonchev–Trinajstić information content (AvgIpc) is 3.26. The minimum atomic E-state index is -4.34. The molecule has 2 aliphatic heterocycles. The van der Waals surface area contributed by atoms with Gasteiger partial charge in [-0.25, -0.2) is 4.68 Å². The Balaban J connectivity index is 1.60. The van der Waals surface area contributed by atoms with Crippen LogP contribution in [0.1, 0.15) is 63.2 Å². The van der Waals surface area contributed by atoms with Gasteiger partial charge in [-0.05, 0) is 45.4 Å². The summed E-state index contributed by atoms with van der Waals surface area (Å²) in [4.78, 5) is 14.8. The molecular formula is C19H25F3N4O. The van der Waals surface area contributed by atoms with Crippen LogP contribution in [-0.4, -0.2) is 39.4 Å². The molecular weight excluding hydrogens is 357 g/mol. The number of hydrogen-bond donors (Lipinski definition) is 1. The van der Waals surface area contributed by atoms with Crippen molar-refractivity contribution in [2.75, 3.05) is 11.9 Å². The topological polar surface area (TPSA) is 50.2 Å². The number of anilines is 1. The molecule has 3 heterocycles. The fraction of sp³-hybridized carbons (Fsp3) is 0.684. The average molecular weight is 382 g/mol. The summed E-state index contributed by atoms with van der Waals surface area (Å²) in [7, 11) is 0. The molecule has 27 heavy (non-hydrogen) atoms. The predicted octanol–water partition coefficient (Wildman–Crippen LogP) is 4.21. The zero-order valence-corrected chi connectivity index (χ0v) is 15.4. The summed E-state index contributed by atoms with van der Waals surface area (Å²) < 4.78 is 41.5. The van der Waals surface area contributed by atoms with Crippen molar-refractivity contribution >= 4 is 11.7 Å². The van der Waals surface area contributed by atoms with Gasteiger partial charge in [0.15, 0.2) is 6.04 Å². The highest BCUT2D eigenvalue weighted by Gasteiger charge is 2.46. The van der Waals surface area contributed by atoms with Gasteiger partial charge in [0.1, 0.15) is 5.82 Å². The van der Waals surface area contributed by atoms with Gasteiger partial charge in [-0.2, -0.15) is 18.3 Å². The fourth-order valence-corrected chi connectivity index (χ4v) is 4.53. The lowest BCUT2D eigenvalue weighted by Gasteiger charge is -2.31. The second kappa shape index (κ2) is 6.87. The summed E-state index contributed by atoms with van der Waals surface area (Å²) in [6.45, 7) is 2.40. The molecule has 0 saturated carbocycles. The molecule has 1 fully saturated rings. The lowest BCUT2D eigenvalue weighted by atomic mass is 9.92. The quantitative estimate of drug-likeness (QED) is 0.780. The van der Waals surface area contributed by atoms with Gasteiger partial charge < -0.3 is 10.2 Å². The molecule has 1 aromatic rings. The van der Waals surface area contributed by atoms with Crippen molar-refractivity contribution in [2.45, 2.75) is 69.8 Å².